The number of amides is 3. The molecule has 8 heteroatoms. The van der Waals surface area contributed by atoms with E-state index in [0.717, 1.165) is 0 Å². The predicted octanol–water partition coefficient (Wildman–Crippen LogP) is -0.109. The highest BCUT2D eigenvalue weighted by Crippen LogP contribution is 2.06. The maximum absolute atomic E-state index is 11.8. The molecular weight excluding hydrogens is 278 g/mol. The van der Waals surface area contributed by atoms with Gasteiger partial charge in [-0.25, -0.2) is 4.79 Å². The number of hydrogen-bond donors (Lipinski definition) is 3. The van der Waals surface area contributed by atoms with E-state index < -0.39 is 12.0 Å². The number of carboxylic acid groups (broad SMARTS) is 1. The number of carbonyl (C=O) groups excluding carboxylic acids is 2. The highest BCUT2D eigenvalue weighted by atomic mass is 16.5. The molecule has 0 bridgehead atoms. The van der Waals surface area contributed by atoms with Crippen molar-refractivity contribution in [2.24, 2.45) is 5.92 Å². The molecule has 0 saturated heterocycles. The largest absolute Gasteiger partial charge is 0.481 e. The molecule has 0 aromatic carbocycles. The van der Waals surface area contributed by atoms with Crippen LogP contribution in [0.1, 0.15) is 19.8 Å². The van der Waals surface area contributed by atoms with E-state index in [1.807, 2.05) is 6.92 Å². The second-order valence-electron chi connectivity index (χ2n) is 4.76. The van der Waals surface area contributed by atoms with E-state index in [1.165, 1.54) is 19.1 Å². The fourth-order valence-electron chi connectivity index (χ4n) is 1.61. The maximum atomic E-state index is 11.8. The minimum atomic E-state index is -0.887. The van der Waals surface area contributed by atoms with E-state index in [9.17, 15) is 14.4 Å². The molecule has 0 aromatic heterocycles. The van der Waals surface area contributed by atoms with Gasteiger partial charge >= 0.3 is 12.0 Å². The molecule has 0 aliphatic carbocycles. The highest BCUT2D eigenvalue weighted by Gasteiger charge is 2.16. The van der Waals surface area contributed by atoms with Crippen LogP contribution in [0.5, 0.6) is 0 Å². The maximum Gasteiger partial charge on any atom is 0.317 e. The summed E-state index contributed by atoms with van der Waals surface area (Å²) < 4.78 is 4.80. The normalized spacial score (nSPS) is 11.6. The van der Waals surface area contributed by atoms with Gasteiger partial charge in [-0.2, -0.15) is 0 Å². The van der Waals surface area contributed by atoms with Crippen LogP contribution < -0.4 is 10.6 Å². The average Bonchev–Trinajstić information content (AvgIpc) is 2.42. The molecular formula is C13H25N3O5. The van der Waals surface area contributed by atoms with Crippen molar-refractivity contribution >= 4 is 17.9 Å². The van der Waals surface area contributed by atoms with Crippen LogP contribution in [0.25, 0.3) is 0 Å². The molecule has 0 aliphatic rings. The number of nitrogens with one attached hydrogen (secondary N) is 2. The monoisotopic (exact) mass is 303 g/mol. The Bertz CT molecular complexity index is 349. The molecule has 0 heterocycles. The Morgan fingerprint density at radius 3 is 2.48 bits per heavy atom. The zero-order valence-corrected chi connectivity index (χ0v) is 12.8. The molecule has 1 atom stereocenters. The molecule has 21 heavy (non-hydrogen) atoms. The van der Waals surface area contributed by atoms with Crippen molar-refractivity contribution in [1.29, 1.82) is 0 Å². The molecule has 3 N–H and O–H groups in total. The first-order valence-corrected chi connectivity index (χ1v) is 6.87. The first kappa shape index (κ1) is 19.2. The smallest absolute Gasteiger partial charge is 0.317 e. The molecule has 0 radical (unpaired) electrons. The van der Waals surface area contributed by atoms with Gasteiger partial charge in [0.25, 0.3) is 0 Å². The van der Waals surface area contributed by atoms with Crippen LogP contribution in [0.3, 0.4) is 0 Å². The second kappa shape index (κ2) is 10.9. The SMILES string of the molecule is CCC(CNC(=O)N(C)CC(=O)NCCOC)CC(=O)O. The van der Waals surface area contributed by atoms with Crippen LogP contribution in [0, 0.1) is 5.92 Å². The Hall–Kier alpha value is -1.83. The van der Waals surface area contributed by atoms with Crippen LogP contribution in [0.2, 0.25) is 0 Å². The third-order valence-electron chi connectivity index (χ3n) is 2.94. The van der Waals surface area contributed by atoms with Gasteiger partial charge < -0.3 is 25.4 Å². The van der Waals surface area contributed by atoms with E-state index >= 15 is 0 Å². The third kappa shape index (κ3) is 9.67. The Labute approximate surface area is 124 Å². The summed E-state index contributed by atoms with van der Waals surface area (Å²) >= 11 is 0. The number of urea groups is 1. The zero-order valence-electron chi connectivity index (χ0n) is 12.8. The first-order chi connectivity index (χ1) is 9.90. The van der Waals surface area contributed by atoms with E-state index in [4.69, 9.17) is 9.84 Å². The van der Waals surface area contributed by atoms with Gasteiger partial charge in [-0.1, -0.05) is 13.3 Å². The van der Waals surface area contributed by atoms with Gasteiger partial charge in [0.2, 0.25) is 5.91 Å². The number of aliphatic carboxylic acids is 1. The summed E-state index contributed by atoms with van der Waals surface area (Å²) in [7, 11) is 3.04. The quantitative estimate of drug-likeness (QED) is 0.488. The van der Waals surface area contributed by atoms with E-state index in [0.29, 0.717) is 19.6 Å². The van der Waals surface area contributed by atoms with Crippen LogP contribution in [-0.4, -0.2) is 68.3 Å². The van der Waals surface area contributed by atoms with Gasteiger partial charge in [0, 0.05) is 33.7 Å². The number of ether oxygens (including phenoxy) is 1. The standard InChI is InChI=1S/C13H25N3O5/c1-4-10(7-12(18)19)8-15-13(20)16(2)9-11(17)14-5-6-21-3/h10H,4-9H2,1-3H3,(H,14,17)(H,15,20)(H,18,19). The van der Waals surface area contributed by atoms with Crippen LogP contribution in [0.4, 0.5) is 4.79 Å². The van der Waals surface area contributed by atoms with Crippen molar-refractivity contribution in [2.75, 3.05) is 40.4 Å². The average molecular weight is 303 g/mol. The van der Waals surface area contributed by atoms with Gasteiger partial charge in [-0.05, 0) is 5.92 Å². The first-order valence-electron chi connectivity index (χ1n) is 6.87. The molecule has 0 saturated carbocycles. The minimum absolute atomic E-state index is 0.0119. The van der Waals surface area contributed by atoms with E-state index in [1.54, 1.807) is 0 Å². The predicted molar refractivity (Wildman–Crippen MR) is 76.9 cm³/mol. The number of carbonyl (C=O) groups is 3. The van der Waals surface area contributed by atoms with Gasteiger partial charge in [0.15, 0.2) is 0 Å². The number of hydrogen-bond acceptors (Lipinski definition) is 4. The number of rotatable bonds is 10. The third-order valence-corrected chi connectivity index (χ3v) is 2.94. The number of nitrogens with zero attached hydrogens (tertiary/aromatic N) is 1. The lowest BCUT2D eigenvalue weighted by Gasteiger charge is -2.20. The Kier molecular flexibility index (Phi) is 9.95. The number of carboxylic acids is 1. The lowest BCUT2D eigenvalue weighted by molar-refractivity contribution is -0.138. The van der Waals surface area contributed by atoms with Crippen LogP contribution in [-0.2, 0) is 14.3 Å². The summed E-state index contributed by atoms with van der Waals surface area (Å²) in [6, 6.07) is -0.402. The molecule has 0 fully saturated rings. The fraction of sp³-hybridized carbons (Fsp3) is 0.769. The summed E-state index contributed by atoms with van der Waals surface area (Å²) in [6.45, 7) is 2.88. The lowest BCUT2D eigenvalue weighted by Crippen LogP contribution is -2.45. The van der Waals surface area contributed by atoms with E-state index in [-0.39, 0.29) is 31.3 Å². The summed E-state index contributed by atoms with van der Waals surface area (Å²) in [5.74, 6) is -1.28. The number of likely N-dealkylation sites (N-methyl/N-ethyl adjacent to an activating group) is 1. The van der Waals surface area contributed by atoms with Crippen LogP contribution in [0.15, 0.2) is 0 Å². The summed E-state index contributed by atoms with van der Waals surface area (Å²) in [6.07, 6.45) is 0.672. The fourth-order valence-corrected chi connectivity index (χ4v) is 1.61. The van der Waals surface area contributed by atoms with Gasteiger partial charge in [-0.3, -0.25) is 9.59 Å². The lowest BCUT2D eigenvalue weighted by atomic mass is 10.0. The Morgan fingerprint density at radius 1 is 1.29 bits per heavy atom. The van der Waals surface area contributed by atoms with Crippen molar-refractivity contribution < 1.29 is 24.2 Å². The van der Waals surface area contributed by atoms with Crippen LogP contribution >= 0.6 is 0 Å². The van der Waals surface area contributed by atoms with Gasteiger partial charge in [-0.15, -0.1) is 0 Å². The highest BCUT2D eigenvalue weighted by molar-refractivity contribution is 5.83. The van der Waals surface area contributed by atoms with Gasteiger partial charge in [0.1, 0.15) is 6.54 Å². The molecule has 122 valence electrons. The van der Waals surface area contributed by atoms with Crippen molar-refractivity contribution in [3.63, 3.8) is 0 Å². The van der Waals surface area contributed by atoms with Crippen molar-refractivity contribution in [1.82, 2.24) is 15.5 Å². The molecule has 8 nitrogen and oxygen atoms in total. The summed E-state index contributed by atoms with van der Waals surface area (Å²) in [4.78, 5) is 35.2. The zero-order chi connectivity index (χ0) is 16.3. The topological polar surface area (TPSA) is 108 Å². The van der Waals surface area contributed by atoms with Crippen molar-refractivity contribution in [3.8, 4) is 0 Å². The summed E-state index contributed by atoms with van der Waals surface area (Å²) in [5.41, 5.74) is 0. The second-order valence-corrected chi connectivity index (χ2v) is 4.76. The molecule has 0 rings (SSSR count). The minimum Gasteiger partial charge on any atom is -0.481 e. The summed E-state index contributed by atoms with van der Waals surface area (Å²) in [5, 5.41) is 14.0. The molecule has 0 aromatic rings. The molecule has 0 aliphatic heterocycles. The molecule has 0 spiro atoms. The van der Waals surface area contributed by atoms with Crippen molar-refractivity contribution in [2.45, 2.75) is 19.8 Å². The number of methoxy groups -OCH3 is 1. The molecule has 3 amide bonds. The van der Waals surface area contributed by atoms with E-state index in [2.05, 4.69) is 10.6 Å². The Balaban J connectivity index is 4.03. The Morgan fingerprint density at radius 2 is 1.95 bits per heavy atom. The van der Waals surface area contributed by atoms with Gasteiger partial charge in [0.05, 0.1) is 6.61 Å². The molecule has 1 unspecified atom stereocenters. The van der Waals surface area contributed by atoms with Crippen molar-refractivity contribution in [3.05, 3.63) is 0 Å².